The SMILES string of the molecule is C#CCCCCNC(=O)NC(=O)CCCl. The number of amides is 3. The van der Waals surface area contributed by atoms with Gasteiger partial charge in [-0.3, -0.25) is 10.1 Å². The number of urea groups is 1. The lowest BCUT2D eigenvalue weighted by atomic mass is 10.2. The molecule has 0 aromatic heterocycles. The van der Waals surface area contributed by atoms with E-state index in [4.69, 9.17) is 18.0 Å². The highest BCUT2D eigenvalue weighted by atomic mass is 35.5. The van der Waals surface area contributed by atoms with E-state index in [1.54, 1.807) is 0 Å². The fraction of sp³-hybridized carbons (Fsp3) is 0.600. The zero-order chi connectivity index (χ0) is 11.5. The molecule has 4 nitrogen and oxygen atoms in total. The number of halogens is 1. The summed E-state index contributed by atoms with van der Waals surface area (Å²) in [4.78, 5) is 21.9. The van der Waals surface area contributed by atoms with Gasteiger partial charge in [0.2, 0.25) is 5.91 Å². The number of carbonyl (C=O) groups excluding carboxylic acids is 2. The van der Waals surface area contributed by atoms with Crippen molar-refractivity contribution in [1.29, 1.82) is 0 Å². The lowest BCUT2D eigenvalue weighted by Gasteiger charge is -2.04. The third kappa shape index (κ3) is 9.10. The number of unbranched alkanes of at least 4 members (excludes halogenated alkanes) is 2. The minimum Gasteiger partial charge on any atom is -0.338 e. The summed E-state index contributed by atoms with van der Waals surface area (Å²) in [6.45, 7) is 0.516. The molecule has 15 heavy (non-hydrogen) atoms. The summed E-state index contributed by atoms with van der Waals surface area (Å²) in [6, 6.07) is -0.481. The first-order chi connectivity index (χ1) is 7.20. The van der Waals surface area contributed by atoms with Gasteiger partial charge in [-0.25, -0.2) is 4.79 Å². The first-order valence-electron chi connectivity index (χ1n) is 4.77. The number of terminal acetylenes is 1. The number of carbonyl (C=O) groups is 2. The van der Waals surface area contributed by atoms with Crippen LogP contribution in [-0.4, -0.2) is 24.4 Å². The topological polar surface area (TPSA) is 58.2 Å². The molecule has 2 N–H and O–H groups in total. The monoisotopic (exact) mass is 230 g/mol. The van der Waals surface area contributed by atoms with Crippen molar-refractivity contribution in [2.75, 3.05) is 12.4 Å². The van der Waals surface area contributed by atoms with E-state index in [2.05, 4.69) is 16.6 Å². The van der Waals surface area contributed by atoms with Crippen LogP contribution in [0.4, 0.5) is 4.79 Å². The maximum atomic E-state index is 11.0. The van der Waals surface area contributed by atoms with Crippen molar-refractivity contribution in [2.24, 2.45) is 0 Å². The van der Waals surface area contributed by atoms with Gasteiger partial charge in [-0.15, -0.1) is 23.9 Å². The van der Waals surface area contributed by atoms with Crippen molar-refractivity contribution in [3.8, 4) is 12.3 Å². The van der Waals surface area contributed by atoms with Crippen LogP contribution in [0, 0.1) is 12.3 Å². The minimum atomic E-state index is -0.481. The maximum absolute atomic E-state index is 11.0. The Kier molecular flexibility index (Phi) is 8.59. The molecule has 3 amide bonds. The smallest absolute Gasteiger partial charge is 0.321 e. The van der Waals surface area contributed by atoms with Crippen LogP contribution in [0.1, 0.15) is 25.7 Å². The van der Waals surface area contributed by atoms with Crippen molar-refractivity contribution in [2.45, 2.75) is 25.7 Å². The molecule has 0 heterocycles. The van der Waals surface area contributed by atoms with Gasteiger partial charge < -0.3 is 5.32 Å². The first kappa shape index (κ1) is 13.8. The molecule has 84 valence electrons. The number of imide groups is 1. The molecule has 0 saturated carbocycles. The van der Waals surface area contributed by atoms with Crippen molar-refractivity contribution in [1.82, 2.24) is 10.6 Å². The van der Waals surface area contributed by atoms with Gasteiger partial charge in [-0.1, -0.05) is 0 Å². The highest BCUT2D eigenvalue weighted by molar-refractivity contribution is 6.19. The molecule has 0 atom stereocenters. The third-order valence-electron chi connectivity index (χ3n) is 1.61. The van der Waals surface area contributed by atoms with Gasteiger partial charge in [0.05, 0.1) is 0 Å². The molecule has 0 aliphatic heterocycles. The van der Waals surface area contributed by atoms with Crippen molar-refractivity contribution in [3.05, 3.63) is 0 Å². The lowest BCUT2D eigenvalue weighted by Crippen LogP contribution is -2.39. The summed E-state index contributed by atoms with van der Waals surface area (Å²) in [5.74, 6) is 2.35. The van der Waals surface area contributed by atoms with Crippen LogP contribution in [0.25, 0.3) is 0 Å². The summed E-state index contributed by atoms with van der Waals surface area (Å²) in [7, 11) is 0. The number of hydrogen-bond donors (Lipinski definition) is 2. The highest BCUT2D eigenvalue weighted by Gasteiger charge is 2.05. The Balaban J connectivity index is 3.41. The summed E-state index contributed by atoms with van der Waals surface area (Å²) in [5.41, 5.74) is 0. The second-order valence-electron chi connectivity index (χ2n) is 2.90. The zero-order valence-corrected chi connectivity index (χ0v) is 9.27. The fourth-order valence-electron chi connectivity index (χ4n) is 0.873. The Morgan fingerprint density at radius 2 is 2.07 bits per heavy atom. The van der Waals surface area contributed by atoms with Gasteiger partial charge in [0.15, 0.2) is 0 Å². The van der Waals surface area contributed by atoms with Gasteiger partial charge in [0.25, 0.3) is 0 Å². The molecule has 5 heteroatoms. The van der Waals surface area contributed by atoms with E-state index >= 15 is 0 Å². The van der Waals surface area contributed by atoms with Crippen LogP contribution in [0.3, 0.4) is 0 Å². The summed E-state index contributed by atoms with van der Waals surface area (Å²) in [6.07, 6.45) is 7.59. The van der Waals surface area contributed by atoms with Gasteiger partial charge in [-0.05, 0) is 12.8 Å². The highest BCUT2D eigenvalue weighted by Crippen LogP contribution is 1.91. The number of nitrogens with one attached hydrogen (secondary N) is 2. The molecular formula is C10H15ClN2O2. The van der Waals surface area contributed by atoms with Gasteiger partial charge in [0, 0.05) is 25.3 Å². The van der Waals surface area contributed by atoms with Crippen LogP contribution < -0.4 is 10.6 Å². The van der Waals surface area contributed by atoms with Gasteiger partial charge in [0.1, 0.15) is 0 Å². The van der Waals surface area contributed by atoms with E-state index in [1.165, 1.54) is 0 Å². The Hall–Kier alpha value is -1.21. The predicted molar refractivity (Wildman–Crippen MR) is 59.6 cm³/mol. The van der Waals surface area contributed by atoms with E-state index in [-0.39, 0.29) is 18.2 Å². The van der Waals surface area contributed by atoms with E-state index in [0.29, 0.717) is 13.0 Å². The van der Waals surface area contributed by atoms with Crippen molar-refractivity contribution < 1.29 is 9.59 Å². The molecule has 0 aliphatic rings. The molecular weight excluding hydrogens is 216 g/mol. The molecule has 0 unspecified atom stereocenters. The molecule has 0 aliphatic carbocycles. The fourth-order valence-corrected chi connectivity index (χ4v) is 1.04. The Bertz CT molecular complexity index is 248. The quantitative estimate of drug-likeness (QED) is 0.410. The van der Waals surface area contributed by atoms with Crippen LogP contribution in [-0.2, 0) is 4.79 Å². The summed E-state index contributed by atoms with van der Waals surface area (Å²) >= 11 is 5.33. The second kappa shape index (κ2) is 9.35. The van der Waals surface area contributed by atoms with Crippen molar-refractivity contribution in [3.63, 3.8) is 0 Å². The van der Waals surface area contributed by atoms with Gasteiger partial charge >= 0.3 is 6.03 Å². The summed E-state index contributed by atoms with van der Waals surface area (Å²) in [5, 5.41) is 4.71. The minimum absolute atomic E-state index is 0.145. The Morgan fingerprint density at radius 1 is 1.33 bits per heavy atom. The largest absolute Gasteiger partial charge is 0.338 e. The average molecular weight is 231 g/mol. The molecule has 0 aromatic carbocycles. The van der Waals surface area contributed by atoms with Gasteiger partial charge in [-0.2, -0.15) is 0 Å². The molecule has 0 fully saturated rings. The molecule has 0 rings (SSSR count). The number of rotatable bonds is 6. The molecule has 0 aromatic rings. The predicted octanol–water partition coefficient (Wildman–Crippen LogP) is 1.24. The second-order valence-corrected chi connectivity index (χ2v) is 3.28. The zero-order valence-electron chi connectivity index (χ0n) is 8.51. The standard InChI is InChI=1S/C10H15ClN2O2/c1-2-3-4-5-8-12-10(15)13-9(14)6-7-11/h1H,3-8H2,(H2,12,13,14,15). The Labute approximate surface area is 94.7 Å². The lowest BCUT2D eigenvalue weighted by molar-refractivity contribution is -0.119. The van der Waals surface area contributed by atoms with Crippen LogP contribution in [0.5, 0.6) is 0 Å². The Morgan fingerprint density at radius 3 is 2.67 bits per heavy atom. The van der Waals surface area contributed by atoms with E-state index in [9.17, 15) is 9.59 Å². The molecule has 0 radical (unpaired) electrons. The molecule has 0 saturated heterocycles. The number of alkyl halides is 1. The van der Waals surface area contributed by atoms with E-state index < -0.39 is 6.03 Å². The van der Waals surface area contributed by atoms with Crippen molar-refractivity contribution >= 4 is 23.5 Å². The average Bonchev–Trinajstić information content (AvgIpc) is 2.17. The maximum Gasteiger partial charge on any atom is 0.321 e. The summed E-state index contributed by atoms with van der Waals surface area (Å²) < 4.78 is 0. The van der Waals surface area contributed by atoms with Crippen LogP contribution >= 0.6 is 11.6 Å². The first-order valence-corrected chi connectivity index (χ1v) is 5.31. The number of hydrogen-bond acceptors (Lipinski definition) is 2. The van der Waals surface area contributed by atoms with Crippen LogP contribution in [0.15, 0.2) is 0 Å². The molecule has 0 spiro atoms. The normalized spacial score (nSPS) is 9.07. The molecule has 0 bridgehead atoms. The third-order valence-corrected chi connectivity index (χ3v) is 1.80. The van der Waals surface area contributed by atoms with E-state index in [1.807, 2.05) is 0 Å². The van der Waals surface area contributed by atoms with E-state index in [0.717, 1.165) is 12.8 Å². The van der Waals surface area contributed by atoms with Crippen LogP contribution in [0.2, 0.25) is 0 Å².